The van der Waals surface area contributed by atoms with Crippen LogP contribution >= 0.6 is 0 Å². The van der Waals surface area contributed by atoms with E-state index in [9.17, 15) is 28.4 Å². The molecular formula is C19H19N5O5S. The van der Waals surface area contributed by atoms with E-state index in [4.69, 9.17) is 5.73 Å². The van der Waals surface area contributed by atoms with Gasteiger partial charge in [0, 0.05) is 30.7 Å². The van der Waals surface area contributed by atoms with Crippen LogP contribution in [0.4, 0.5) is 0 Å². The van der Waals surface area contributed by atoms with Gasteiger partial charge >= 0.3 is 5.97 Å². The monoisotopic (exact) mass is 429 g/mol. The maximum Gasteiger partial charge on any atom is 0.320 e. The van der Waals surface area contributed by atoms with Crippen LogP contribution in [0.5, 0.6) is 0 Å². The van der Waals surface area contributed by atoms with Gasteiger partial charge in [0.1, 0.15) is 6.04 Å². The number of benzene rings is 1. The van der Waals surface area contributed by atoms with Crippen molar-refractivity contribution in [3.8, 4) is 11.8 Å². The predicted molar refractivity (Wildman–Crippen MR) is 103 cm³/mol. The Labute approximate surface area is 172 Å². The summed E-state index contributed by atoms with van der Waals surface area (Å²) >= 11 is 0. The molecule has 11 heteroatoms. The van der Waals surface area contributed by atoms with Gasteiger partial charge in [0.2, 0.25) is 5.91 Å². The average Bonchev–Trinajstić information content (AvgIpc) is 3.08. The molecule has 0 bridgehead atoms. The van der Waals surface area contributed by atoms with Crippen LogP contribution in [0.1, 0.15) is 12.8 Å². The van der Waals surface area contributed by atoms with Crippen molar-refractivity contribution in [1.82, 2.24) is 14.5 Å². The summed E-state index contributed by atoms with van der Waals surface area (Å²) in [5, 5.41) is 18.0. The van der Waals surface area contributed by atoms with E-state index in [-0.39, 0.29) is 24.3 Å². The van der Waals surface area contributed by atoms with Gasteiger partial charge < -0.3 is 15.4 Å². The third kappa shape index (κ3) is 3.05. The Morgan fingerprint density at radius 2 is 2.00 bits per heavy atom. The van der Waals surface area contributed by atoms with Crippen LogP contribution in [0.15, 0.2) is 47.9 Å². The molecule has 2 unspecified atom stereocenters. The van der Waals surface area contributed by atoms with Crippen molar-refractivity contribution in [3.05, 3.63) is 43.0 Å². The molecule has 1 aliphatic heterocycles. The van der Waals surface area contributed by atoms with Gasteiger partial charge in [-0.2, -0.15) is 5.26 Å². The van der Waals surface area contributed by atoms with Crippen molar-refractivity contribution < 1.29 is 23.1 Å². The highest BCUT2D eigenvalue weighted by atomic mass is 32.2. The van der Waals surface area contributed by atoms with Gasteiger partial charge in [-0.3, -0.25) is 14.5 Å². The third-order valence-electron chi connectivity index (χ3n) is 5.96. The number of nitrogens with zero attached hydrogens (tertiary/aromatic N) is 4. The van der Waals surface area contributed by atoms with Gasteiger partial charge in [-0.1, -0.05) is 0 Å². The Morgan fingerprint density at radius 3 is 2.50 bits per heavy atom. The summed E-state index contributed by atoms with van der Waals surface area (Å²) in [6.45, 7) is -0.0794. The van der Waals surface area contributed by atoms with E-state index >= 15 is 0 Å². The first-order valence-corrected chi connectivity index (χ1v) is 10.8. The summed E-state index contributed by atoms with van der Waals surface area (Å²) in [4.78, 5) is 28.9. The number of aromatic nitrogens is 2. The van der Waals surface area contributed by atoms with Crippen LogP contribution in [-0.2, 0) is 19.4 Å². The maximum atomic E-state index is 13.2. The van der Waals surface area contributed by atoms with E-state index in [1.54, 1.807) is 35.4 Å². The minimum atomic E-state index is -3.82. The lowest BCUT2D eigenvalue weighted by Crippen LogP contribution is -2.42. The Hall–Kier alpha value is -3.23. The Bertz CT molecular complexity index is 1140. The number of carbonyl (C=O) groups is 2. The second kappa shape index (κ2) is 6.93. The van der Waals surface area contributed by atoms with Gasteiger partial charge in [0.25, 0.3) is 0 Å². The summed E-state index contributed by atoms with van der Waals surface area (Å²) in [6, 6.07) is 6.32. The first kappa shape index (κ1) is 20.1. The number of imidazole rings is 1. The normalized spacial score (nSPS) is 28.7. The Kier molecular flexibility index (Phi) is 4.63. The van der Waals surface area contributed by atoms with E-state index in [2.05, 4.69) is 4.98 Å². The van der Waals surface area contributed by atoms with Gasteiger partial charge in [0.15, 0.2) is 15.3 Å². The number of carboxylic acids is 1. The molecule has 2 fully saturated rings. The molecule has 1 aromatic heterocycles. The van der Waals surface area contributed by atoms with Crippen molar-refractivity contribution >= 4 is 21.7 Å². The zero-order valence-corrected chi connectivity index (χ0v) is 16.6. The number of primary amides is 1. The number of hydrogen-bond acceptors (Lipinski definition) is 7. The second-order valence-corrected chi connectivity index (χ2v) is 9.81. The van der Waals surface area contributed by atoms with Crippen molar-refractivity contribution in [2.45, 2.75) is 35.1 Å². The molecule has 1 aliphatic carbocycles. The minimum absolute atomic E-state index is 0.0794. The number of aliphatic carboxylic acids is 1. The molecule has 1 amide bonds. The Morgan fingerprint density at radius 1 is 1.30 bits per heavy atom. The summed E-state index contributed by atoms with van der Waals surface area (Å²) in [7, 11) is -3.82. The van der Waals surface area contributed by atoms with Crippen LogP contribution in [0.3, 0.4) is 0 Å². The molecule has 30 heavy (non-hydrogen) atoms. The fraction of sp³-hybridized carbons (Fsp3) is 0.368. The van der Waals surface area contributed by atoms with E-state index in [0.29, 0.717) is 0 Å². The van der Waals surface area contributed by atoms with Crippen LogP contribution in [-0.4, -0.2) is 63.7 Å². The average molecular weight is 429 g/mol. The highest BCUT2D eigenvalue weighted by Crippen LogP contribution is 2.51. The molecule has 0 radical (unpaired) electrons. The molecule has 1 aromatic carbocycles. The number of rotatable bonds is 6. The minimum Gasteiger partial charge on any atom is -0.480 e. The van der Waals surface area contributed by atoms with Gasteiger partial charge in [-0.25, -0.2) is 13.4 Å². The lowest BCUT2D eigenvalue weighted by Gasteiger charge is -2.22. The smallest absolute Gasteiger partial charge is 0.320 e. The number of nitrogens with two attached hydrogens (primary N) is 1. The molecule has 1 saturated heterocycles. The van der Waals surface area contributed by atoms with E-state index in [1.165, 1.54) is 17.0 Å². The summed E-state index contributed by atoms with van der Waals surface area (Å²) in [5.41, 5.74) is 4.61. The van der Waals surface area contributed by atoms with Crippen LogP contribution in [0, 0.1) is 16.7 Å². The topological polar surface area (TPSA) is 159 Å². The highest BCUT2D eigenvalue weighted by Gasteiger charge is 2.66. The molecule has 10 nitrogen and oxygen atoms in total. The van der Waals surface area contributed by atoms with Crippen molar-refractivity contribution in [2.75, 3.05) is 6.54 Å². The van der Waals surface area contributed by atoms with E-state index in [1.807, 2.05) is 6.07 Å². The molecule has 1 saturated carbocycles. The molecule has 0 spiro atoms. The quantitative estimate of drug-likeness (QED) is 0.646. The molecular weight excluding hydrogens is 410 g/mol. The molecule has 2 aromatic rings. The van der Waals surface area contributed by atoms with Crippen molar-refractivity contribution in [1.29, 1.82) is 5.26 Å². The zero-order chi connectivity index (χ0) is 21.7. The summed E-state index contributed by atoms with van der Waals surface area (Å²) in [5.74, 6) is -2.01. The zero-order valence-electron chi connectivity index (χ0n) is 15.7. The maximum absolute atomic E-state index is 13.2. The number of sulfone groups is 1. The highest BCUT2D eigenvalue weighted by molar-refractivity contribution is 7.92. The summed E-state index contributed by atoms with van der Waals surface area (Å²) in [6.07, 6.45) is 4.90. The molecule has 4 atom stereocenters. The number of amides is 1. The lowest BCUT2D eigenvalue weighted by molar-refractivity contribution is -0.142. The fourth-order valence-electron chi connectivity index (χ4n) is 4.13. The van der Waals surface area contributed by atoms with Gasteiger partial charge in [-0.05, 0) is 37.1 Å². The standard InChI is InChI=1S/C19H19N5O5S/c20-10-19(18(21)27)8-16(19)24-9-14(7-15(24)17(25)26)30(28,29)13-3-1-12(2-4-13)23-6-5-22-11-23/h1-6,11,14-16H,7-9H2,(H2,21,27)(H,25,26)/t14-,15+,16?,19?/m1/s1. The molecule has 4 rings (SSSR count). The van der Waals surface area contributed by atoms with Crippen molar-refractivity contribution in [2.24, 2.45) is 11.1 Å². The first-order valence-electron chi connectivity index (χ1n) is 9.22. The third-order valence-corrected chi connectivity index (χ3v) is 8.10. The molecule has 2 aliphatic rings. The van der Waals surface area contributed by atoms with Crippen molar-refractivity contribution in [3.63, 3.8) is 0 Å². The largest absolute Gasteiger partial charge is 0.480 e. The predicted octanol–water partition coefficient (Wildman–Crippen LogP) is -0.0589. The Balaban J connectivity index is 1.59. The molecule has 3 N–H and O–H groups in total. The first-order chi connectivity index (χ1) is 14.2. The van der Waals surface area contributed by atoms with E-state index < -0.39 is 44.5 Å². The number of carboxylic acid groups (broad SMARTS) is 1. The lowest BCUT2D eigenvalue weighted by atomic mass is 10.1. The number of likely N-dealkylation sites (tertiary alicyclic amines) is 1. The van der Waals surface area contributed by atoms with Gasteiger partial charge in [0.05, 0.1) is 22.5 Å². The number of hydrogen-bond donors (Lipinski definition) is 2. The fourth-order valence-corrected chi connectivity index (χ4v) is 5.84. The van der Waals surface area contributed by atoms with E-state index in [0.717, 1.165) is 5.69 Å². The summed E-state index contributed by atoms with van der Waals surface area (Å²) < 4.78 is 28.0. The van der Waals surface area contributed by atoms with Gasteiger partial charge in [-0.15, -0.1) is 0 Å². The van der Waals surface area contributed by atoms with Crippen LogP contribution < -0.4 is 5.73 Å². The SMILES string of the molecule is N#CC1(C(N)=O)CC1N1C[C@H](S(=O)(=O)c2ccc(-n3ccnc3)cc2)C[C@H]1C(=O)O. The molecule has 156 valence electrons. The molecule has 2 heterocycles. The van der Waals surface area contributed by atoms with Crippen LogP contribution in [0.25, 0.3) is 5.69 Å². The number of carbonyl (C=O) groups excluding carboxylic acids is 1. The van der Waals surface area contributed by atoms with Crippen LogP contribution in [0.2, 0.25) is 0 Å². The second-order valence-electron chi connectivity index (χ2n) is 7.58. The number of nitriles is 1.